The lowest BCUT2D eigenvalue weighted by atomic mass is 9.93. The van der Waals surface area contributed by atoms with Crippen molar-refractivity contribution in [3.63, 3.8) is 0 Å². The maximum absolute atomic E-state index is 13.3. The summed E-state index contributed by atoms with van der Waals surface area (Å²) in [4.78, 5) is 25.2. The highest BCUT2D eigenvalue weighted by molar-refractivity contribution is 6.32. The van der Waals surface area contributed by atoms with E-state index < -0.39 is 35.5 Å². The Labute approximate surface area is 191 Å². The number of alkyl halides is 3. The van der Waals surface area contributed by atoms with Crippen LogP contribution in [0, 0.1) is 5.92 Å². The summed E-state index contributed by atoms with van der Waals surface area (Å²) in [6, 6.07) is 5.52. The summed E-state index contributed by atoms with van der Waals surface area (Å²) < 4.78 is 45.5. The summed E-state index contributed by atoms with van der Waals surface area (Å²) in [5, 5.41) is 6.65. The van der Waals surface area contributed by atoms with Gasteiger partial charge >= 0.3 is 12.1 Å². The fourth-order valence-corrected chi connectivity index (χ4v) is 3.57. The first-order chi connectivity index (χ1) is 15.1. The van der Waals surface area contributed by atoms with Crippen molar-refractivity contribution in [3.05, 3.63) is 70.0 Å². The molecule has 1 aromatic carbocycles. The van der Waals surface area contributed by atoms with Gasteiger partial charge in [0.2, 0.25) is 0 Å². The first-order valence-electron chi connectivity index (χ1n) is 9.45. The second kappa shape index (κ2) is 9.79. The molecule has 2 atom stereocenters. The zero-order valence-electron chi connectivity index (χ0n) is 16.7. The zero-order chi connectivity index (χ0) is 23.5. The Bertz CT molecular complexity index is 1080. The maximum Gasteiger partial charge on any atom is 0.435 e. The average Bonchev–Trinajstić information content (AvgIpc) is 3.20. The number of allylic oxidation sites excluding steroid dienone is 4. The quantitative estimate of drug-likeness (QED) is 0.587. The number of benzene rings is 1. The van der Waals surface area contributed by atoms with E-state index in [0.29, 0.717) is 17.5 Å². The Morgan fingerprint density at radius 1 is 1.31 bits per heavy atom. The molecule has 1 aromatic heterocycles. The number of esters is 1. The molecule has 0 radical (unpaired) electrons. The Kier molecular flexibility index (Phi) is 7.30. The number of methoxy groups -OCH3 is 1. The summed E-state index contributed by atoms with van der Waals surface area (Å²) >= 11 is 12.0. The molecule has 2 aromatic rings. The van der Waals surface area contributed by atoms with E-state index in [9.17, 15) is 22.8 Å². The standard InChI is InChI=1S/C21H18Cl2F3N3O3/c1-32-20(31)15(10-12-6-8-13(22)9-7-12)27-19(30)17-11-18(21(24,25)26)28-29(17)16-5-3-2-4-14(16)23/h2-6,8-9,11-12,15H,7,10H2,1H3,(H,27,30). The number of nitrogens with zero attached hydrogens (tertiary/aromatic N) is 2. The van der Waals surface area contributed by atoms with Crippen LogP contribution in [-0.4, -0.2) is 34.8 Å². The van der Waals surface area contributed by atoms with Gasteiger partial charge in [0.15, 0.2) is 5.69 Å². The topological polar surface area (TPSA) is 73.2 Å². The van der Waals surface area contributed by atoms with Crippen LogP contribution in [-0.2, 0) is 15.7 Å². The average molecular weight is 488 g/mol. The minimum absolute atomic E-state index is 0.0828. The van der Waals surface area contributed by atoms with Crippen molar-refractivity contribution < 1.29 is 27.5 Å². The molecule has 170 valence electrons. The van der Waals surface area contributed by atoms with Crippen LogP contribution in [0.3, 0.4) is 0 Å². The van der Waals surface area contributed by atoms with Crippen molar-refractivity contribution in [3.8, 4) is 5.69 Å². The number of para-hydroxylation sites is 1. The smallest absolute Gasteiger partial charge is 0.435 e. The normalized spacial score (nSPS) is 16.9. The van der Waals surface area contributed by atoms with E-state index in [1.807, 2.05) is 0 Å². The highest BCUT2D eigenvalue weighted by Crippen LogP contribution is 2.31. The Hall–Kier alpha value is -2.78. The van der Waals surface area contributed by atoms with Gasteiger partial charge in [-0.25, -0.2) is 9.48 Å². The fourth-order valence-electron chi connectivity index (χ4n) is 3.19. The van der Waals surface area contributed by atoms with Gasteiger partial charge in [-0.1, -0.05) is 47.5 Å². The molecule has 1 heterocycles. The van der Waals surface area contributed by atoms with E-state index in [2.05, 4.69) is 10.4 Å². The number of halogens is 5. The van der Waals surface area contributed by atoms with Gasteiger partial charge in [-0.2, -0.15) is 18.3 Å². The molecular formula is C21H18Cl2F3N3O3. The fraction of sp³-hybridized carbons (Fsp3) is 0.286. The summed E-state index contributed by atoms with van der Waals surface area (Å²) in [6.07, 6.45) is 1.15. The van der Waals surface area contributed by atoms with Gasteiger partial charge in [0.25, 0.3) is 5.91 Å². The summed E-state index contributed by atoms with van der Waals surface area (Å²) in [5.74, 6) is -1.79. The highest BCUT2D eigenvalue weighted by Gasteiger charge is 2.37. The molecular weight excluding hydrogens is 470 g/mol. The van der Waals surface area contributed by atoms with Gasteiger partial charge < -0.3 is 10.1 Å². The first-order valence-corrected chi connectivity index (χ1v) is 10.2. The van der Waals surface area contributed by atoms with Gasteiger partial charge in [0, 0.05) is 11.1 Å². The highest BCUT2D eigenvalue weighted by atomic mass is 35.5. The molecule has 1 amide bonds. The molecule has 1 N–H and O–H groups in total. The largest absolute Gasteiger partial charge is 0.467 e. The third kappa shape index (κ3) is 5.52. The number of hydrogen-bond donors (Lipinski definition) is 1. The van der Waals surface area contributed by atoms with Crippen molar-refractivity contribution >= 4 is 35.1 Å². The van der Waals surface area contributed by atoms with Gasteiger partial charge in [-0.15, -0.1) is 0 Å². The van der Waals surface area contributed by atoms with Crippen molar-refractivity contribution in [1.82, 2.24) is 15.1 Å². The molecule has 1 aliphatic carbocycles. The summed E-state index contributed by atoms with van der Waals surface area (Å²) in [5.41, 5.74) is -1.62. The third-order valence-electron chi connectivity index (χ3n) is 4.79. The number of carbonyl (C=O) groups excluding carboxylic acids is 2. The van der Waals surface area contributed by atoms with E-state index in [-0.39, 0.29) is 23.0 Å². The number of aromatic nitrogens is 2. The van der Waals surface area contributed by atoms with Crippen LogP contribution in [0.5, 0.6) is 0 Å². The third-order valence-corrected chi connectivity index (χ3v) is 5.39. The molecule has 2 unspecified atom stereocenters. The maximum atomic E-state index is 13.3. The van der Waals surface area contributed by atoms with Crippen LogP contribution in [0.25, 0.3) is 5.69 Å². The summed E-state index contributed by atoms with van der Waals surface area (Å²) in [6.45, 7) is 0. The Balaban J connectivity index is 1.92. The SMILES string of the molecule is COC(=O)C(CC1C=CC(Cl)=CC1)NC(=O)c1cc(C(F)(F)F)nn1-c1ccccc1Cl. The number of carbonyl (C=O) groups is 2. The van der Waals surface area contributed by atoms with Gasteiger partial charge in [-0.3, -0.25) is 4.79 Å². The molecule has 0 bridgehead atoms. The van der Waals surface area contributed by atoms with Crippen LogP contribution >= 0.6 is 23.2 Å². The van der Waals surface area contributed by atoms with Crippen LogP contribution in [0.15, 0.2) is 53.6 Å². The molecule has 0 saturated heterocycles. The minimum atomic E-state index is -4.79. The molecule has 6 nitrogen and oxygen atoms in total. The number of rotatable bonds is 6. The number of ether oxygens (including phenoxy) is 1. The van der Waals surface area contributed by atoms with Crippen molar-refractivity contribution in [2.45, 2.75) is 25.1 Å². The van der Waals surface area contributed by atoms with E-state index in [1.165, 1.54) is 12.1 Å². The molecule has 32 heavy (non-hydrogen) atoms. The summed E-state index contributed by atoms with van der Waals surface area (Å²) in [7, 11) is 1.16. The number of hydrogen-bond acceptors (Lipinski definition) is 4. The molecule has 3 rings (SSSR count). The number of amides is 1. The van der Waals surface area contributed by atoms with Crippen molar-refractivity contribution in [1.29, 1.82) is 0 Å². The molecule has 1 aliphatic rings. The van der Waals surface area contributed by atoms with E-state index in [4.69, 9.17) is 27.9 Å². The van der Waals surface area contributed by atoms with E-state index in [0.717, 1.165) is 11.8 Å². The monoisotopic (exact) mass is 487 g/mol. The lowest BCUT2D eigenvalue weighted by Gasteiger charge is -2.21. The van der Waals surface area contributed by atoms with Crippen LogP contribution in [0.1, 0.15) is 29.0 Å². The van der Waals surface area contributed by atoms with Crippen molar-refractivity contribution in [2.75, 3.05) is 7.11 Å². The Morgan fingerprint density at radius 3 is 2.62 bits per heavy atom. The van der Waals surface area contributed by atoms with Gasteiger partial charge in [0.1, 0.15) is 11.7 Å². The lowest BCUT2D eigenvalue weighted by Crippen LogP contribution is -2.43. The molecule has 0 spiro atoms. The number of nitrogens with one attached hydrogen (secondary N) is 1. The molecule has 0 fully saturated rings. The van der Waals surface area contributed by atoms with Gasteiger partial charge in [0.05, 0.1) is 17.8 Å². The first kappa shape index (κ1) is 23.9. The Morgan fingerprint density at radius 2 is 2.03 bits per heavy atom. The predicted molar refractivity (Wildman–Crippen MR) is 113 cm³/mol. The zero-order valence-corrected chi connectivity index (χ0v) is 18.2. The van der Waals surface area contributed by atoms with Crippen molar-refractivity contribution in [2.24, 2.45) is 5.92 Å². The molecule has 0 aliphatic heterocycles. The van der Waals surface area contributed by atoms with E-state index >= 15 is 0 Å². The second-order valence-electron chi connectivity index (χ2n) is 7.00. The van der Waals surface area contributed by atoms with Gasteiger partial charge in [-0.05, 0) is 37.0 Å². The minimum Gasteiger partial charge on any atom is -0.467 e. The second-order valence-corrected chi connectivity index (χ2v) is 7.85. The van der Waals surface area contributed by atoms with Crippen LogP contribution in [0.4, 0.5) is 13.2 Å². The van der Waals surface area contributed by atoms with Crippen LogP contribution < -0.4 is 5.32 Å². The predicted octanol–water partition coefficient (Wildman–Crippen LogP) is 4.90. The molecule has 11 heteroatoms. The van der Waals surface area contributed by atoms with Crippen LogP contribution in [0.2, 0.25) is 5.02 Å². The van der Waals surface area contributed by atoms with E-state index in [1.54, 1.807) is 30.4 Å². The lowest BCUT2D eigenvalue weighted by molar-refractivity contribution is -0.143. The molecule has 0 saturated carbocycles.